The quantitative estimate of drug-likeness (QED) is 0.572. The normalized spacial score (nSPS) is 30.8. The van der Waals surface area contributed by atoms with Crippen molar-refractivity contribution in [2.24, 2.45) is 5.73 Å². The molecule has 3 nitrogen and oxygen atoms in total. The minimum atomic E-state index is -0.609. The zero-order chi connectivity index (χ0) is 10.8. The maximum atomic E-state index is 10.7. The summed E-state index contributed by atoms with van der Waals surface area (Å²) < 4.78 is 0. The maximum absolute atomic E-state index is 10.7. The Morgan fingerprint density at radius 3 is 1.93 bits per heavy atom. The van der Waals surface area contributed by atoms with E-state index in [1.807, 2.05) is 0 Å². The average molecular weight is 212 g/mol. The van der Waals surface area contributed by atoms with Crippen LogP contribution in [-0.2, 0) is 0 Å². The van der Waals surface area contributed by atoms with E-state index in [1.54, 1.807) is 0 Å². The zero-order valence-corrected chi connectivity index (χ0v) is 9.60. The lowest BCUT2D eigenvalue weighted by molar-refractivity contribution is -0.0653. The number of aliphatic hydroxyl groups is 1. The summed E-state index contributed by atoms with van der Waals surface area (Å²) in [6.07, 6.45) is 8.60. The summed E-state index contributed by atoms with van der Waals surface area (Å²) in [5.74, 6) is 0. The third kappa shape index (κ3) is 2.19. The van der Waals surface area contributed by atoms with Crippen molar-refractivity contribution < 1.29 is 5.11 Å². The molecule has 88 valence electrons. The summed E-state index contributed by atoms with van der Waals surface area (Å²) in [4.78, 5) is 0. The highest BCUT2D eigenvalue weighted by Crippen LogP contribution is 2.38. The van der Waals surface area contributed by atoms with Crippen molar-refractivity contribution in [2.75, 3.05) is 13.1 Å². The van der Waals surface area contributed by atoms with E-state index in [4.69, 9.17) is 5.73 Å². The molecule has 0 aromatic heterocycles. The highest BCUT2D eigenvalue weighted by molar-refractivity contribution is 5.05. The van der Waals surface area contributed by atoms with Crippen LogP contribution >= 0.6 is 0 Å². The van der Waals surface area contributed by atoms with E-state index in [9.17, 15) is 5.11 Å². The molecule has 0 atom stereocenters. The van der Waals surface area contributed by atoms with Crippen LogP contribution in [0.5, 0.6) is 0 Å². The zero-order valence-electron chi connectivity index (χ0n) is 9.60. The molecule has 0 radical (unpaired) electrons. The van der Waals surface area contributed by atoms with Gasteiger partial charge in [0.1, 0.15) is 0 Å². The molecule has 1 saturated heterocycles. The fourth-order valence-corrected chi connectivity index (χ4v) is 3.16. The molecule has 0 amide bonds. The van der Waals surface area contributed by atoms with Gasteiger partial charge in [0, 0.05) is 5.54 Å². The van der Waals surface area contributed by atoms with Crippen molar-refractivity contribution in [3.05, 3.63) is 0 Å². The lowest BCUT2D eigenvalue weighted by Gasteiger charge is -2.47. The molecule has 1 aliphatic heterocycles. The predicted molar refractivity (Wildman–Crippen MR) is 61.7 cm³/mol. The van der Waals surface area contributed by atoms with Gasteiger partial charge in [-0.25, -0.2) is 0 Å². The number of rotatable bonds is 1. The molecule has 0 aromatic rings. The van der Waals surface area contributed by atoms with Crippen LogP contribution in [0.1, 0.15) is 51.4 Å². The molecule has 2 rings (SSSR count). The Balaban J connectivity index is 2.10. The standard InChI is InChI=1S/C12H24N2O/c13-11(5-3-1-2-4-6-11)12(15)7-9-14-10-8-12/h14-15H,1-10,13H2. The molecule has 1 heterocycles. The first-order valence-corrected chi connectivity index (χ1v) is 6.38. The molecule has 0 aromatic carbocycles. The monoisotopic (exact) mass is 212 g/mol. The summed E-state index contributed by atoms with van der Waals surface area (Å²) in [6.45, 7) is 1.82. The van der Waals surface area contributed by atoms with Gasteiger partial charge < -0.3 is 16.2 Å². The van der Waals surface area contributed by atoms with E-state index >= 15 is 0 Å². The highest BCUT2D eigenvalue weighted by atomic mass is 16.3. The third-order valence-corrected chi connectivity index (χ3v) is 4.35. The first-order chi connectivity index (χ1) is 7.16. The van der Waals surface area contributed by atoms with E-state index < -0.39 is 5.60 Å². The minimum absolute atomic E-state index is 0.314. The fraction of sp³-hybridized carbons (Fsp3) is 1.00. The maximum Gasteiger partial charge on any atom is 0.0850 e. The molecule has 15 heavy (non-hydrogen) atoms. The van der Waals surface area contributed by atoms with Gasteiger partial charge >= 0.3 is 0 Å². The van der Waals surface area contributed by atoms with Gasteiger partial charge in [-0.2, -0.15) is 0 Å². The number of nitrogens with one attached hydrogen (secondary N) is 1. The molecular formula is C12H24N2O. The Labute approximate surface area is 92.4 Å². The first-order valence-electron chi connectivity index (χ1n) is 6.38. The van der Waals surface area contributed by atoms with Gasteiger partial charge in [0.05, 0.1) is 5.60 Å². The van der Waals surface area contributed by atoms with Gasteiger partial charge in [-0.05, 0) is 38.8 Å². The van der Waals surface area contributed by atoms with E-state index in [-0.39, 0.29) is 5.54 Å². The molecule has 0 unspecified atom stereocenters. The van der Waals surface area contributed by atoms with Crippen LogP contribution in [-0.4, -0.2) is 29.3 Å². The highest BCUT2D eigenvalue weighted by Gasteiger charge is 2.47. The van der Waals surface area contributed by atoms with E-state index in [2.05, 4.69) is 5.32 Å². The van der Waals surface area contributed by atoms with Gasteiger partial charge in [-0.3, -0.25) is 0 Å². The molecule has 0 spiro atoms. The Kier molecular flexibility index (Phi) is 3.33. The predicted octanol–water partition coefficient (Wildman–Crippen LogP) is 1.15. The topological polar surface area (TPSA) is 58.3 Å². The summed E-state index contributed by atoms with van der Waals surface area (Å²) in [5, 5.41) is 14.0. The summed E-state index contributed by atoms with van der Waals surface area (Å²) in [6, 6.07) is 0. The van der Waals surface area contributed by atoms with Crippen molar-refractivity contribution in [3.63, 3.8) is 0 Å². The van der Waals surface area contributed by atoms with Crippen molar-refractivity contribution in [1.29, 1.82) is 0 Å². The second-order valence-corrected chi connectivity index (χ2v) is 5.35. The second-order valence-electron chi connectivity index (χ2n) is 5.35. The van der Waals surface area contributed by atoms with E-state index in [0.29, 0.717) is 0 Å². The second kappa shape index (κ2) is 4.40. The van der Waals surface area contributed by atoms with Crippen LogP contribution < -0.4 is 11.1 Å². The molecular weight excluding hydrogens is 188 g/mol. The minimum Gasteiger partial charge on any atom is -0.388 e. The van der Waals surface area contributed by atoms with Crippen molar-refractivity contribution in [1.82, 2.24) is 5.32 Å². The number of nitrogens with two attached hydrogens (primary N) is 1. The van der Waals surface area contributed by atoms with Gasteiger partial charge in [0.2, 0.25) is 0 Å². The first kappa shape index (κ1) is 11.4. The SMILES string of the molecule is NC1(C2(O)CCNCC2)CCCCCC1. The largest absolute Gasteiger partial charge is 0.388 e. The van der Waals surface area contributed by atoms with E-state index in [0.717, 1.165) is 38.8 Å². The molecule has 4 N–H and O–H groups in total. The van der Waals surface area contributed by atoms with Crippen molar-refractivity contribution in [3.8, 4) is 0 Å². The van der Waals surface area contributed by atoms with Gasteiger partial charge in [0.25, 0.3) is 0 Å². The molecule has 3 heteroatoms. The Hall–Kier alpha value is -0.120. The molecule has 2 fully saturated rings. The van der Waals surface area contributed by atoms with Crippen LogP contribution in [0.15, 0.2) is 0 Å². The lowest BCUT2D eigenvalue weighted by atomic mass is 9.70. The van der Waals surface area contributed by atoms with Crippen LogP contribution in [0, 0.1) is 0 Å². The van der Waals surface area contributed by atoms with E-state index in [1.165, 1.54) is 25.7 Å². The molecule has 0 bridgehead atoms. The molecule has 2 aliphatic rings. The van der Waals surface area contributed by atoms with Crippen molar-refractivity contribution in [2.45, 2.75) is 62.5 Å². The summed E-state index contributed by atoms with van der Waals surface area (Å²) in [5.41, 5.74) is 5.57. The van der Waals surface area contributed by atoms with Gasteiger partial charge in [-0.1, -0.05) is 25.7 Å². The average Bonchev–Trinajstić information content (AvgIpc) is 2.45. The summed E-state index contributed by atoms with van der Waals surface area (Å²) in [7, 11) is 0. The molecule has 1 aliphatic carbocycles. The summed E-state index contributed by atoms with van der Waals surface area (Å²) >= 11 is 0. The lowest BCUT2D eigenvalue weighted by Crippen LogP contribution is -2.63. The Morgan fingerprint density at radius 1 is 0.867 bits per heavy atom. The van der Waals surface area contributed by atoms with Crippen LogP contribution in [0.4, 0.5) is 0 Å². The van der Waals surface area contributed by atoms with Gasteiger partial charge in [0.15, 0.2) is 0 Å². The smallest absolute Gasteiger partial charge is 0.0850 e. The van der Waals surface area contributed by atoms with Crippen LogP contribution in [0.2, 0.25) is 0 Å². The van der Waals surface area contributed by atoms with Crippen molar-refractivity contribution >= 4 is 0 Å². The number of hydrogen-bond donors (Lipinski definition) is 3. The van der Waals surface area contributed by atoms with Crippen LogP contribution in [0.3, 0.4) is 0 Å². The molecule has 1 saturated carbocycles. The fourth-order valence-electron chi connectivity index (χ4n) is 3.16. The van der Waals surface area contributed by atoms with Gasteiger partial charge in [-0.15, -0.1) is 0 Å². The number of hydrogen-bond acceptors (Lipinski definition) is 3. The van der Waals surface area contributed by atoms with Crippen LogP contribution in [0.25, 0.3) is 0 Å². The Bertz CT molecular complexity index is 204. The third-order valence-electron chi connectivity index (χ3n) is 4.35. The Morgan fingerprint density at radius 2 is 1.40 bits per heavy atom. The number of piperidine rings is 1.